The van der Waals surface area contributed by atoms with E-state index in [0.717, 1.165) is 16.2 Å². The third kappa shape index (κ3) is 1.44. The van der Waals surface area contributed by atoms with Crippen molar-refractivity contribution in [2.75, 3.05) is 0 Å². The van der Waals surface area contributed by atoms with Gasteiger partial charge in [-0.15, -0.1) is 0 Å². The van der Waals surface area contributed by atoms with Crippen LogP contribution in [0.4, 0.5) is 0 Å². The van der Waals surface area contributed by atoms with Crippen LogP contribution in [0, 0.1) is 0 Å². The van der Waals surface area contributed by atoms with Crippen molar-refractivity contribution in [2.24, 2.45) is 0 Å². The van der Waals surface area contributed by atoms with Gasteiger partial charge in [-0.3, -0.25) is 0 Å². The zero-order valence-electron chi connectivity index (χ0n) is 8.88. The van der Waals surface area contributed by atoms with E-state index in [1.54, 1.807) is 30.3 Å². The zero-order valence-corrected chi connectivity index (χ0v) is 8.88. The number of hydrogen-bond donors (Lipinski definition) is 3. The average Bonchev–Trinajstić information content (AvgIpc) is 2.28. The summed E-state index contributed by atoms with van der Waals surface area (Å²) in [6, 6.07) is 11.5. The SMILES string of the molecule is Oc1ccc2c(ccc3cc(O)cc(O)c32)c1. The van der Waals surface area contributed by atoms with Gasteiger partial charge in [-0.2, -0.15) is 0 Å². The van der Waals surface area contributed by atoms with E-state index in [2.05, 4.69) is 0 Å². The van der Waals surface area contributed by atoms with Crippen molar-refractivity contribution in [1.82, 2.24) is 0 Å². The minimum absolute atomic E-state index is 0.0353. The van der Waals surface area contributed by atoms with E-state index >= 15 is 0 Å². The minimum atomic E-state index is 0.0353. The van der Waals surface area contributed by atoms with Gasteiger partial charge in [0.15, 0.2) is 0 Å². The molecule has 0 aliphatic heterocycles. The summed E-state index contributed by atoms with van der Waals surface area (Å²) >= 11 is 0. The summed E-state index contributed by atoms with van der Waals surface area (Å²) in [7, 11) is 0. The van der Waals surface area contributed by atoms with Gasteiger partial charge in [-0.25, -0.2) is 0 Å². The van der Waals surface area contributed by atoms with Crippen molar-refractivity contribution in [1.29, 1.82) is 0 Å². The average molecular weight is 226 g/mol. The predicted molar refractivity (Wildman–Crippen MR) is 66.4 cm³/mol. The summed E-state index contributed by atoms with van der Waals surface area (Å²) in [5.41, 5.74) is 0. The molecule has 0 amide bonds. The number of phenolic OH excluding ortho intramolecular Hbond substituents is 3. The molecule has 3 aromatic carbocycles. The summed E-state index contributed by atoms with van der Waals surface area (Å²) in [5.74, 6) is 0.263. The molecule has 0 fully saturated rings. The molecule has 0 bridgehead atoms. The van der Waals surface area contributed by atoms with E-state index in [4.69, 9.17) is 0 Å². The Hall–Kier alpha value is -2.42. The summed E-state index contributed by atoms with van der Waals surface area (Å²) in [6.45, 7) is 0. The van der Waals surface area contributed by atoms with Gasteiger partial charge < -0.3 is 15.3 Å². The zero-order chi connectivity index (χ0) is 12.0. The Labute approximate surface area is 97.2 Å². The molecule has 0 spiro atoms. The molecule has 3 heteroatoms. The predicted octanol–water partition coefficient (Wildman–Crippen LogP) is 3.11. The van der Waals surface area contributed by atoms with Crippen LogP contribution in [-0.2, 0) is 0 Å². The van der Waals surface area contributed by atoms with Crippen molar-refractivity contribution < 1.29 is 15.3 Å². The molecule has 3 nitrogen and oxygen atoms in total. The maximum Gasteiger partial charge on any atom is 0.127 e. The van der Waals surface area contributed by atoms with Gasteiger partial charge in [-0.1, -0.05) is 12.1 Å². The minimum Gasteiger partial charge on any atom is -0.508 e. The van der Waals surface area contributed by atoms with Crippen LogP contribution in [0.5, 0.6) is 17.2 Å². The van der Waals surface area contributed by atoms with Crippen molar-refractivity contribution in [3.05, 3.63) is 42.5 Å². The van der Waals surface area contributed by atoms with E-state index in [1.165, 1.54) is 6.07 Å². The molecule has 0 radical (unpaired) electrons. The van der Waals surface area contributed by atoms with Gasteiger partial charge in [-0.05, 0) is 40.4 Å². The first-order valence-electron chi connectivity index (χ1n) is 5.22. The molecule has 84 valence electrons. The van der Waals surface area contributed by atoms with Crippen molar-refractivity contribution in [3.63, 3.8) is 0 Å². The first-order valence-corrected chi connectivity index (χ1v) is 5.22. The molecule has 3 aromatic rings. The number of hydrogen-bond acceptors (Lipinski definition) is 3. The van der Waals surface area contributed by atoms with E-state index in [-0.39, 0.29) is 17.2 Å². The van der Waals surface area contributed by atoms with Gasteiger partial charge in [0.2, 0.25) is 0 Å². The topological polar surface area (TPSA) is 60.7 Å². The molecule has 3 rings (SSSR count). The van der Waals surface area contributed by atoms with Crippen LogP contribution in [0.3, 0.4) is 0 Å². The van der Waals surface area contributed by atoms with Gasteiger partial charge in [0.05, 0.1) is 0 Å². The Morgan fingerprint density at radius 2 is 1.35 bits per heavy atom. The Kier molecular flexibility index (Phi) is 1.89. The Balaban J connectivity index is 2.55. The number of benzene rings is 3. The summed E-state index contributed by atoms with van der Waals surface area (Å²) in [6.07, 6.45) is 0. The number of rotatable bonds is 0. The normalized spacial score (nSPS) is 11.1. The number of aromatic hydroxyl groups is 3. The monoisotopic (exact) mass is 226 g/mol. The van der Waals surface area contributed by atoms with E-state index in [0.29, 0.717) is 5.39 Å². The molecule has 3 N–H and O–H groups in total. The second-order valence-electron chi connectivity index (χ2n) is 4.03. The fourth-order valence-corrected chi connectivity index (χ4v) is 2.15. The van der Waals surface area contributed by atoms with Crippen LogP contribution in [0.2, 0.25) is 0 Å². The standard InChI is InChI=1S/C14H10O3/c15-10-3-4-12-8(5-10)1-2-9-6-11(16)7-13(17)14(9)12/h1-7,15-17H. The molecule has 0 aliphatic rings. The molecule has 0 aliphatic carbocycles. The lowest BCUT2D eigenvalue weighted by molar-refractivity contribution is 0.455. The molecular formula is C14H10O3. The first-order chi connectivity index (χ1) is 8.15. The van der Waals surface area contributed by atoms with Gasteiger partial charge in [0.1, 0.15) is 17.2 Å². The lowest BCUT2D eigenvalue weighted by Crippen LogP contribution is -1.79. The number of fused-ring (bicyclic) bond motifs is 3. The highest BCUT2D eigenvalue weighted by atomic mass is 16.3. The number of phenols is 3. The van der Waals surface area contributed by atoms with Crippen LogP contribution < -0.4 is 0 Å². The van der Waals surface area contributed by atoms with Crippen LogP contribution in [0.15, 0.2) is 42.5 Å². The van der Waals surface area contributed by atoms with Crippen LogP contribution in [0.1, 0.15) is 0 Å². The fraction of sp³-hybridized carbons (Fsp3) is 0. The first kappa shape index (κ1) is 9.78. The maximum atomic E-state index is 9.90. The van der Waals surface area contributed by atoms with Gasteiger partial charge >= 0.3 is 0 Å². The van der Waals surface area contributed by atoms with E-state index < -0.39 is 0 Å². The summed E-state index contributed by atoms with van der Waals surface area (Å²) < 4.78 is 0. The Morgan fingerprint density at radius 1 is 0.647 bits per heavy atom. The molecule has 17 heavy (non-hydrogen) atoms. The van der Waals surface area contributed by atoms with Crippen molar-refractivity contribution in [2.45, 2.75) is 0 Å². The Morgan fingerprint density at radius 3 is 2.18 bits per heavy atom. The third-order valence-electron chi connectivity index (χ3n) is 2.88. The van der Waals surface area contributed by atoms with Gasteiger partial charge in [0, 0.05) is 11.5 Å². The maximum absolute atomic E-state index is 9.90. The third-order valence-corrected chi connectivity index (χ3v) is 2.88. The van der Waals surface area contributed by atoms with Crippen molar-refractivity contribution in [3.8, 4) is 17.2 Å². The van der Waals surface area contributed by atoms with E-state index in [9.17, 15) is 15.3 Å². The Bertz CT molecular complexity index is 732. The lowest BCUT2D eigenvalue weighted by atomic mass is 10.0. The second kappa shape index (κ2) is 3.28. The highest BCUT2D eigenvalue weighted by Crippen LogP contribution is 2.36. The fourth-order valence-electron chi connectivity index (χ4n) is 2.15. The van der Waals surface area contributed by atoms with Crippen LogP contribution >= 0.6 is 0 Å². The molecule has 0 heterocycles. The molecule has 0 saturated carbocycles. The molecule has 0 aromatic heterocycles. The molecule has 0 saturated heterocycles. The summed E-state index contributed by atoms with van der Waals surface area (Å²) in [4.78, 5) is 0. The van der Waals surface area contributed by atoms with E-state index in [1.807, 2.05) is 6.07 Å². The lowest BCUT2D eigenvalue weighted by Gasteiger charge is -2.07. The highest BCUT2D eigenvalue weighted by molar-refractivity contribution is 6.11. The van der Waals surface area contributed by atoms with Crippen LogP contribution in [0.25, 0.3) is 21.5 Å². The smallest absolute Gasteiger partial charge is 0.127 e. The molecule has 0 unspecified atom stereocenters. The van der Waals surface area contributed by atoms with Gasteiger partial charge in [0.25, 0.3) is 0 Å². The van der Waals surface area contributed by atoms with Crippen molar-refractivity contribution >= 4 is 21.5 Å². The highest BCUT2D eigenvalue weighted by Gasteiger charge is 2.07. The quantitative estimate of drug-likeness (QED) is 0.516. The molecular weight excluding hydrogens is 216 g/mol. The largest absolute Gasteiger partial charge is 0.508 e. The van der Waals surface area contributed by atoms with Crippen LogP contribution in [-0.4, -0.2) is 15.3 Å². The second-order valence-corrected chi connectivity index (χ2v) is 4.03. The molecule has 0 atom stereocenters. The summed E-state index contributed by atoms with van der Waals surface area (Å²) in [5, 5.41) is 31.9.